The molecule has 17 heavy (non-hydrogen) atoms. The molecule has 5 heteroatoms. The van der Waals surface area contributed by atoms with Crippen LogP contribution >= 0.6 is 0 Å². The lowest BCUT2D eigenvalue weighted by Crippen LogP contribution is -2.20. The molecule has 0 aliphatic carbocycles. The Bertz CT molecular complexity index is 369. The highest BCUT2D eigenvalue weighted by Crippen LogP contribution is 2.12. The van der Waals surface area contributed by atoms with Gasteiger partial charge in [-0.2, -0.15) is 5.06 Å². The van der Waals surface area contributed by atoms with Gasteiger partial charge in [-0.05, 0) is 24.6 Å². The number of nitrogens with one attached hydrogen (secondary N) is 1. The molecule has 1 amide bonds. The molecule has 0 spiro atoms. The van der Waals surface area contributed by atoms with Crippen LogP contribution in [0.4, 0.5) is 11.4 Å². The number of hydroxylamine groups is 2. The SMILES string of the molecule is CON(C)CCCC(=O)Nc1cccc(N)c1. The molecule has 1 aromatic rings. The van der Waals surface area contributed by atoms with E-state index in [1.807, 2.05) is 19.2 Å². The standard InChI is InChI=1S/C12H19N3O2/c1-15(17-2)8-4-7-12(16)14-11-6-3-5-10(13)9-11/h3,5-6,9H,4,7-8,13H2,1-2H3,(H,14,16). The second-order valence-electron chi connectivity index (χ2n) is 3.81. The first-order chi connectivity index (χ1) is 8.11. The molecule has 3 N–H and O–H groups in total. The predicted octanol–water partition coefficient (Wildman–Crippen LogP) is 1.48. The van der Waals surface area contributed by atoms with Gasteiger partial charge < -0.3 is 15.9 Å². The van der Waals surface area contributed by atoms with Gasteiger partial charge in [0.25, 0.3) is 0 Å². The second-order valence-corrected chi connectivity index (χ2v) is 3.81. The Hall–Kier alpha value is -1.59. The largest absolute Gasteiger partial charge is 0.399 e. The number of amides is 1. The van der Waals surface area contributed by atoms with E-state index in [-0.39, 0.29) is 5.91 Å². The normalized spacial score (nSPS) is 10.5. The zero-order chi connectivity index (χ0) is 12.7. The summed E-state index contributed by atoms with van der Waals surface area (Å²) >= 11 is 0. The van der Waals surface area contributed by atoms with Crippen LogP contribution in [-0.4, -0.2) is 31.7 Å². The molecule has 94 valence electrons. The molecule has 0 bridgehead atoms. The number of carbonyl (C=O) groups excluding carboxylic acids is 1. The molecule has 0 saturated heterocycles. The number of hydrogen-bond donors (Lipinski definition) is 2. The van der Waals surface area contributed by atoms with E-state index in [0.29, 0.717) is 12.1 Å². The fourth-order valence-electron chi connectivity index (χ4n) is 1.39. The first-order valence-electron chi connectivity index (χ1n) is 5.52. The Morgan fingerprint density at radius 2 is 2.29 bits per heavy atom. The molecule has 1 rings (SSSR count). The molecule has 0 radical (unpaired) electrons. The van der Waals surface area contributed by atoms with Gasteiger partial charge in [0, 0.05) is 31.4 Å². The summed E-state index contributed by atoms with van der Waals surface area (Å²) in [6.45, 7) is 0.723. The maximum absolute atomic E-state index is 11.6. The fourth-order valence-corrected chi connectivity index (χ4v) is 1.39. The average Bonchev–Trinajstić information content (AvgIpc) is 2.28. The Kier molecular flexibility index (Phi) is 5.45. The van der Waals surface area contributed by atoms with Crippen molar-refractivity contribution in [3.05, 3.63) is 24.3 Å². The highest BCUT2D eigenvalue weighted by atomic mass is 16.7. The highest BCUT2D eigenvalue weighted by Gasteiger charge is 2.03. The lowest BCUT2D eigenvalue weighted by atomic mass is 10.2. The van der Waals surface area contributed by atoms with Gasteiger partial charge in [0.15, 0.2) is 0 Å². The first-order valence-corrected chi connectivity index (χ1v) is 5.52. The van der Waals surface area contributed by atoms with Gasteiger partial charge in [0.2, 0.25) is 5.91 Å². The van der Waals surface area contributed by atoms with Crippen molar-refractivity contribution in [3.63, 3.8) is 0 Å². The van der Waals surface area contributed by atoms with Crippen molar-refractivity contribution in [3.8, 4) is 0 Å². The van der Waals surface area contributed by atoms with Crippen LogP contribution in [0.5, 0.6) is 0 Å². The summed E-state index contributed by atoms with van der Waals surface area (Å²) in [6.07, 6.45) is 1.21. The second kappa shape index (κ2) is 6.88. The minimum atomic E-state index is -0.0138. The number of nitrogen functional groups attached to an aromatic ring is 1. The van der Waals surface area contributed by atoms with E-state index in [1.54, 1.807) is 24.3 Å². The lowest BCUT2D eigenvalue weighted by Gasteiger charge is -2.12. The average molecular weight is 237 g/mol. The van der Waals surface area contributed by atoms with Crippen molar-refractivity contribution >= 4 is 17.3 Å². The van der Waals surface area contributed by atoms with Gasteiger partial charge in [-0.15, -0.1) is 0 Å². The molecular weight excluding hydrogens is 218 g/mol. The number of carbonyl (C=O) groups is 1. The summed E-state index contributed by atoms with van der Waals surface area (Å²) in [6, 6.07) is 7.14. The molecule has 5 nitrogen and oxygen atoms in total. The number of nitrogens with zero attached hydrogens (tertiary/aromatic N) is 1. The van der Waals surface area contributed by atoms with Gasteiger partial charge in [-0.1, -0.05) is 6.07 Å². The van der Waals surface area contributed by atoms with Crippen LogP contribution in [0, 0.1) is 0 Å². The van der Waals surface area contributed by atoms with Crippen molar-refractivity contribution in [1.29, 1.82) is 0 Å². The molecule has 0 aliphatic heterocycles. The Morgan fingerprint density at radius 3 is 2.94 bits per heavy atom. The summed E-state index contributed by atoms with van der Waals surface area (Å²) in [5.41, 5.74) is 6.99. The van der Waals surface area contributed by atoms with Crippen LogP contribution in [0.2, 0.25) is 0 Å². The van der Waals surface area contributed by atoms with E-state index in [1.165, 1.54) is 0 Å². The predicted molar refractivity (Wildman–Crippen MR) is 68.4 cm³/mol. The van der Waals surface area contributed by atoms with Crippen molar-refractivity contribution < 1.29 is 9.63 Å². The zero-order valence-corrected chi connectivity index (χ0v) is 10.3. The first kappa shape index (κ1) is 13.5. The third-order valence-corrected chi connectivity index (χ3v) is 2.36. The molecule has 0 saturated carbocycles. The molecule has 0 aliphatic rings. The highest BCUT2D eigenvalue weighted by molar-refractivity contribution is 5.91. The van der Waals surface area contributed by atoms with Gasteiger partial charge >= 0.3 is 0 Å². The molecule has 0 unspecified atom stereocenters. The van der Waals surface area contributed by atoms with Crippen LogP contribution in [0.25, 0.3) is 0 Å². The summed E-state index contributed by atoms with van der Waals surface area (Å²) in [5, 5.41) is 4.48. The van der Waals surface area contributed by atoms with Crippen LogP contribution in [0.1, 0.15) is 12.8 Å². The summed E-state index contributed by atoms with van der Waals surface area (Å²) in [5.74, 6) is -0.0138. The van der Waals surface area contributed by atoms with Crippen LogP contribution < -0.4 is 11.1 Å². The topological polar surface area (TPSA) is 67.6 Å². The maximum atomic E-state index is 11.6. The molecule has 0 aromatic heterocycles. The number of rotatable bonds is 6. The third-order valence-electron chi connectivity index (χ3n) is 2.36. The number of nitrogens with two attached hydrogens (primary N) is 1. The molecule has 1 aromatic carbocycles. The minimum Gasteiger partial charge on any atom is -0.399 e. The number of hydrogen-bond acceptors (Lipinski definition) is 4. The Labute approximate surface area is 101 Å². The van der Waals surface area contributed by atoms with E-state index >= 15 is 0 Å². The van der Waals surface area contributed by atoms with Gasteiger partial charge in [0.05, 0.1) is 7.11 Å². The zero-order valence-electron chi connectivity index (χ0n) is 10.3. The number of anilines is 2. The van der Waals surface area contributed by atoms with Crippen LogP contribution in [0.15, 0.2) is 24.3 Å². The van der Waals surface area contributed by atoms with Crippen molar-refractivity contribution in [1.82, 2.24) is 5.06 Å². The molecule has 0 heterocycles. The quantitative estimate of drug-likeness (QED) is 0.581. The van der Waals surface area contributed by atoms with Crippen LogP contribution in [0.3, 0.4) is 0 Å². The monoisotopic (exact) mass is 237 g/mol. The lowest BCUT2D eigenvalue weighted by molar-refractivity contribution is -0.119. The van der Waals surface area contributed by atoms with Crippen LogP contribution in [-0.2, 0) is 9.63 Å². The summed E-state index contributed by atoms with van der Waals surface area (Å²) in [7, 11) is 3.43. The summed E-state index contributed by atoms with van der Waals surface area (Å²) < 4.78 is 0. The molecule has 0 fully saturated rings. The third kappa shape index (κ3) is 5.33. The van der Waals surface area contributed by atoms with Gasteiger partial charge in [-0.3, -0.25) is 4.79 Å². The Morgan fingerprint density at radius 1 is 1.53 bits per heavy atom. The van der Waals surface area contributed by atoms with E-state index < -0.39 is 0 Å². The number of benzene rings is 1. The molecule has 0 atom stereocenters. The minimum absolute atomic E-state index is 0.0138. The fraction of sp³-hybridized carbons (Fsp3) is 0.417. The van der Waals surface area contributed by atoms with E-state index in [0.717, 1.165) is 18.7 Å². The van der Waals surface area contributed by atoms with E-state index in [2.05, 4.69) is 5.32 Å². The Balaban J connectivity index is 2.30. The molecular formula is C12H19N3O2. The van der Waals surface area contributed by atoms with Crippen molar-refractivity contribution in [2.24, 2.45) is 0 Å². The maximum Gasteiger partial charge on any atom is 0.224 e. The van der Waals surface area contributed by atoms with Gasteiger partial charge in [-0.25, -0.2) is 0 Å². The van der Waals surface area contributed by atoms with E-state index in [4.69, 9.17) is 10.6 Å². The smallest absolute Gasteiger partial charge is 0.224 e. The van der Waals surface area contributed by atoms with Gasteiger partial charge in [0.1, 0.15) is 0 Å². The van der Waals surface area contributed by atoms with Crippen molar-refractivity contribution in [2.75, 3.05) is 31.8 Å². The summed E-state index contributed by atoms with van der Waals surface area (Å²) in [4.78, 5) is 16.5. The van der Waals surface area contributed by atoms with Crippen molar-refractivity contribution in [2.45, 2.75) is 12.8 Å². The van der Waals surface area contributed by atoms with E-state index in [9.17, 15) is 4.79 Å².